The van der Waals surface area contributed by atoms with Gasteiger partial charge in [-0.3, -0.25) is 4.79 Å². The normalized spacial score (nSPS) is 12.8. The van der Waals surface area contributed by atoms with Gasteiger partial charge >= 0.3 is 0 Å². The molecule has 0 aliphatic heterocycles. The van der Waals surface area contributed by atoms with Gasteiger partial charge in [0.15, 0.2) is 5.78 Å². The number of hydrogen-bond acceptors (Lipinski definition) is 3. The molecule has 1 aromatic rings. The topological polar surface area (TPSA) is 29.1 Å². The Morgan fingerprint density at radius 3 is 3.00 bits per heavy atom. The molecular weight excluding hydrogens is 170 g/mol. The van der Waals surface area contributed by atoms with Crippen molar-refractivity contribution in [1.29, 1.82) is 0 Å². The second-order valence-corrected chi connectivity index (χ2v) is 3.77. The Morgan fingerprint density at radius 2 is 2.50 bits per heavy atom. The summed E-state index contributed by atoms with van der Waals surface area (Å²) in [7, 11) is 1.80. The lowest BCUT2D eigenvalue weighted by Crippen LogP contribution is -2.31. The third-order valence-corrected chi connectivity index (χ3v) is 2.72. The summed E-state index contributed by atoms with van der Waals surface area (Å²) in [5, 5.41) is 4.92. The fourth-order valence-electron chi connectivity index (χ4n) is 0.899. The van der Waals surface area contributed by atoms with Crippen LogP contribution in [0.2, 0.25) is 0 Å². The number of nitrogens with one attached hydrogen (secondary N) is 1. The number of carbonyl (C=O) groups is 1. The Kier molecular flexibility index (Phi) is 3.44. The molecular formula is C9H13NOS. The summed E-state index contributed by atoms with van der Waals surface area (Å²) in [6, 6.07) is 3.93. The maximum Gasteiger partial charge on any atom is 0.154 e. The first-order valence-electron chi connectivity index (χ1n) is 3.96. The summed E-state index contributed by atoms with van der Waals surface area (Å²) >= 11 is 1.63. The van der Waals surface area contributed by atoms with E-state index in [9.17, 15) is 4.79 Å². The molecule has 3 heteroatoms. The number of likely N-dealkylation sites (N-methyl/N-ethyl adjacent to an activating group) is 1. The van der Waals surface area contributed by atoms with E-state index < -0.39 is 0 Å². The number of rotatable bonds is 4. The van der Waals surface area contributed by atoms with Crippen molar-refractivity contribution in [3.63, 3.8) is 0 Å². The van der Waals surface area contributed by atoms with Gasteiger partial charge in [0.25, 0.3) is 0 Å². The molecule has 2 nitrogen and oxygen atoms in total. The highest BCUT2D eigenvalue weighted by Gasteiger charge is 2.10. The Hall–Kier alpha value is -0.670. The fraction of sp³-hybridized carbons (Fsp3) is 0.444. The van der Waals surface area contributed by atoms with Crippen LogP contribution in [0.4, 0.5) is 0 Å². The third kappa shape index (κ3) is 2.43. The molecule has 0 aliphatic rings. The number of hydrogen-bond donors (Lipinski definition) is 1. The SMILES string of the molecule is CNC(C)C(=O)Cc1cccs1. The van der Waals surface area contributed by atoms with Crippen molar-refractivity contribution in [1.82, 2.24) is 5.32 Å². The van der Waals surface area contributed by atoms with Gasteiger partial charge in [0.1, 0.15) is 0 Å². The Balaban J connectivity index is 2.47. The van der Waals surface area contributed by atoms with Crippen molar-refractivity contribution < 1.29 is 4.79 Å². The van der Waals surface area contributed by atoms with Crippen molar-refractivity contribution in [2.24, 2.45) is 0 Å². The molecule has 0 saturated carbocycles. The van der Waals surface area contributed by atoms with E-state index in [2.05, 4.69) is 5.32 Å². The third-order valence-electron chi connectivity index (χ3n) is 1.84. The van der Waals surface area contributed by atoms with Gasteiger partial charge in [-0.25, -0.2) is 0 Å². The van der Waals surface area contributed by atoms with Crippen LogP contribution in [0.15, 0.2) is 17.5 Å². The molecule has 0 radical (unpaired) electrons. The average Bonchev–Trinajstić information content (AvgIpc) is 2.55. The predicted octanol–water partition coefficient (Wildman–Crippen LogP) is 1.47. The van der Waals surface area contributed by atoms with Crippen LogP contribution in [-0.4, -0.2) is 18.9 Å². The highest BCUT2D eigenvalue weighted by atomic mass is 32.1. The number of Topliss-reactive ketones (excluding diaryl/α,β-unsaturated/α-hetero) is 1. The lowest BCUT2D eigenvalue weighted by atomic mass is 10.1. The highest BCUT2D eigenvalue weighted by Crippen LogP contribution is 2.09. The first-order valence-corrected chi connectivity index (χ1v) is 4.84. The molecule has 66 valence electrons. The summed E-state index contributed by atoms with van der Waals surface area (Å²) in [6.45, 7) is 1.88. The molecule has 1 heterocycles. The molecule has 0 spiro atoms. The van der Waals surface area contributed by atoms with Crippen molar-refractivity contribution in [3.8, 4) is 0 Å². The number of ketones is 1. The van der Waals surface area contributed by atoms with Gasteiger partial charge < -0.3 is 5.32 Å². The minimum atomic E-state index is -0.0351. The van der Waals surface area contributed by atoms with Gasteiger partial charge in [-0.1, -0.05) is 6.07 Å². The number of carbonyl (C=O) groups excluding carboxylic acids is 1. The van der Waals surface area contributed by atoms with Crippen molar-refractivity contribution in [3.05, 3.63) is 22.4 Å². The fourth-order valence-corrected chi connectivity index (χ4v) is 1.61. The first kappa shape index (κ1) is 9.42. The van der Waals surface area contributed by atoms with E-state index in [0.717, 1.165) is 4.88 Å². The van der Waals surface area contributed by atoms with E-state index in [4.69, 9.17) is 0 Å². The van der Waals surface area contributed by atoms with E-state index in [1.807, 2.05) is 24.4 Å². The Labute approximate surface area is 76.6 Å². The molecule has 1 aromatic heterocycles. The lowest BCUT2D eigenvalue weighted by Gasteiger charge is -2.06. The Bertz CT molecular complexity index is 243. The zero-order valence-corrected chi connectivity index (χ0v) is 8.15. The lowest BCUT2D eigenvalue weighted by molar-refractivity contribution is -0.119. The van der Waals surface area contributed by atoms with Crippen LogP contribution in [0.1, 0.15) is 11.8 Å². The summed E-state index contributed by atoms with van der Waals surface area (Å²) < 4.78 is 0. The van der Waals surface area contributed by atoms with E-state index in [0.29, 0.717) is 6.42 Å². The number of thiophene rings is 1. The maximum absolute atomic E-state index is 11.4. The summed E-state index contributed by atoms with van der Waals surface area (Å²) in [4.78, 5) is 12.5. The molecule has 1 rings (SSSR count). The van der Waals surface area contributed by atoms with Gasteiger partial charge in [0.05, 0.1) is 6.04 Å². The van der Waals surface area contributed by atoms with E-state index >= 15 is 0 Å². The Morgan fingerprint density at radius 1 is 1.75 bits per heavy atom. The summed E-state index contributed by atoms with van der Waals surface area (Å²) in [5.74, 6) is 0.250. The van der Waals surface area contributed by atoms with E-state index in [1.165, 1.54) is 0 Å². The van der Waals surface area contributed by atoms with Crippen molar-refractivity contribution >= 4 is 17.1 Å². The second-order valence-electron chi connectivity index (χ2n) is 2.73. The van der Waals surface area contributed by atoms with Crippen LogP contribution >= 0.6 is 11.3 Å². The van der Waals surface area contributed by atoms with E-state index in [1.54, 1.807) is 18.4 Å². The van der Waals surface area contributed by atoms with Gasteiger partial charge in [-0.15, -0.1) is 11.3 Å². The zero-order valence-electron chi connectivity index (χ0n) is 7.33. The quantitative estimate of drug-likeness (QED) is 0.766. The predicted molar refractivity (Wildman–Crippen MR) is 51.6 cm³/mol. The smallest absolute Gasteiger partial charge is 0.154 e. The molecule has 0 saturated heterocycles. The first-order chi connectivity index (χ1) is 5.74. The van der Waals surface area contributed by atoms with Gasteiger partial charge in [0, 0.05) is 11.3 Å². The molecule has 12 heavy (non-hydrogen) atoms. The molecule has 0 fully saturated rings. The summed E-state index contributed by atoms with van der Waals surface area (Å²) in [6.07, 6.45) is 0.555. The minimum absolute atomic E-state index is 0.0351. The monoisotopic (exact) mass is 183 g/mol. The molecule has 1 atom stereocenters. The van der Waals surface area contributed by atoms with Gasteiger partial charge in [-0.05, 0) is 25.4 Å². The maximum atomic E-state index is 11.4. The highest BCUT2D eigenvalue weighted by molar-refractivity contribution is 7.10. The summed E-state index contributed by atoms with van der Waals surface area (Å²) in [5.41, 5.74) is 0. The van der Waals surface area contributed by atoms with Gasteiger partial charge in [0.2, 0.25) is 0 Å². The average molecular weight is 183 g/mol. The molecule has 1 unspecified atom stereocenters. The molecule has 0 aromatic carbocycles. The largest absolute Gasteiger partial charge is 0.311 e. The minimum Gasteiger partial charge on any atom is -0.311 e. The standard InChI is InChI=1S/C9H13NOS/c1-7(10-2)9(11)6-8-4-3-5-12-8/h3-5,7,10H,6H2,1-2H3. The van der Waals surface area contributed by atoms with Crippen LogP contribution in [0.5, 0.6) is 0 Å². The molecule has 0 bridgehead atoms. The van der Waals surface area contributed by atoms with E-state index in [-0.39, 0.29) is 11.8 Å². The van der Waals surface area contributed by atoms with Crippen LogP contribution in [0, 0.1) is 0 Å². The van der Waals surface area contributed by atoms with Crippen LogP contribution in [0.25, 0.3) is 0 Å². The van der Waals surface area contributed by atoms with Crippen LogP contribution in [-0.2, 0) is 11.2 Å². The van der Waals surface area contributed by atoms with Crippen molar-refractivity contribution in [2.45, 2.75) is 19.4 Å². The van der Waals surface area contributed by atoms with Gasteiger partial charge in [-0.2, -0.15) is 0 Å². The zero-order chi connectivity index (χ0) is 8.97. The van der Waals surface area contributed by atoms with Crippen LogP contribution < -0.4 is 5.32 Å². The molecule has 0 aliphatic carbocycles. The van der Waals surface area contributed by atoms with Crippen molar-refractivity contribution in [2.75, 3.05) is 7.05 Å². The molecule has 1 N–H and O–H groups in total. The second kappa shape index (κ2) is 4.38. The molecule has 0 amide bonds. The van der Waals surface area contributed by atoms with Crippen LogP contribution in [0.3, 0.4) is 0 Å².